The molecule has 0 bridgehead atoms. The average Bonchev–Trinajstić information content (AvgIpc) is 2.36. The van der Waals surface area contributed by atoms with Crippen molar-refractivity contribution in [2.75, 3.05) is 26.7 Å². The Morgan fingerprint density at radius 3 is 2.55 bits per heavy atom. The van der Waals surface area contributed by atoms with Crippen LogP contribution in [0.2, 0.25) is 0 Å². The molecule has 0 heterocycles. The first-order valence-corrected chi connectivity index (χ1v) is 6.68. The van der Waals surface area contributed by atoms with Gasteiger partial charge < -0.3 is 10.4 Å². The number of aliphatic hydroxyl groups is 1. The summed E-state index contributed by atoms with van der Waals surface area (Å²) in [6.07, 6.45) is -7.84. The van der Waals surface area contributed by atoms with E-state index < -0.39 is 25.3 Å². The van der Waals surface area contributed by atoms with Gasteiger partial charge in [-0.25, -0.2) is 8.78 Å². The molecule has 1 aromatic rings. The molecular formula is C14H19F5N2O. The molecule has 2 N–H and O–H groups in total. The molecule has 1 unspecified atom stereocenters. The van der Waals surface area contributed by atoms with Gasteiger partial charge in [0, 0.05) is 25.2 Å². The maximum atomic E-state index is 12.5. The largest absolute Gasteiger partial charge is 0.401 e. The van der Waals surface area contributed by atoms with Crippen molar-refractivity contribution in [2.45, 2.75) is 25.3 Å². The number of likely N-dealkylation sites (N-methyl/N-ethyl adjacent to an activating group) is 1. The molecule has 0 spiro atoms. The summed E-state index contributed by atoms with van der Waals surface area (Å²) in [5.74, 6) is 0. The highest BCUT2D eigenvalue weighted by molar-refractivity contribution is 5.24. The van der Waals surface area contributed by atoms with Gasteiger partial charge >= 0.3 is 6.18 Å². The predicted octanol–water partition coefficient (Wildman–Crippen LogP) is 2.57. The summed E-state index contributed by atoms with van der Waals surface area (Å²) < 4.78 is 61.4. The lowest BCUT2D eigenvalue weighted by atomic mass is 10.1. The molecule has 1 aromatic carbocycles. The van der Waals surface area contributed by atoms with E-state index in [2.05, 4.69) is 5.32 Å². The van der Waals surface area contributed by atoms with Gasteiger partial charge in [0.25, 0.3) is 6.43 Å². The molecule has 0 saturated heterocycles. The van der Waals surface area contributed by atoms with E-state index >= 15 is 0 Å². The van der Waals surface area contributed by atoms with Crippen molar-refractivity contribution in [3.63, 3.8) is 0 Å². The molecule has 0 saturated carbocycles. The molecule has 0 aliphatic carbocycles. The van der Waals surface area contributed by atoms with Gasteiger partial charge in [0.2, 0.25) is 0 Å². The van der Waals surface area contributed by atoms with E-state index in [9.17, 15) is 27.1 Å². The van der Waals surface area contributed by atoms with Crippen molar-refractivity contribution < 1.29 is 27.1 Å². The standard InChI is InChI=1S/C14H19F5N2O/c1-21(9-14(17,18)19)8-12(22)7-20-6-10-3-2-4-11(5-10)13(15)16/h2-5,12-13,20,22H,6-9H2,1H3. The van der Waals surface area contributed by atoms with Crippen LogP contribution in [0.25, 0.3) is 0 Å². The van der Waals surface area contributed by atoms with Crippen LogP contribution < -0.4 is 5.32 Å². The fourth-order valence-electron chi connectivity index (χ4n) is 2.02. The van der Waals surface area contributed by atoms with E-state index in [1.807, 2.05) is 0 Å². The summed E-state index contributed by atoms with van der Waals surface area (Å²) in [5, 5.41) is 12.5. The van der Waals surface area contributed by atoms with Crippen molar-refractivity contribution in [3.05, 3.63) is 35.4 Å². The Balaban J connectivity index is 2.33. The summed E-state index contributed by atoms with van der Waals surface area (Å²) >= 11 is 0. The fraction of sp³-hybridized carbons (Fsp3) is 0.571. The van der Waals surface area contributed by atoms with Crippen LogP contribution in [0.3, 0.4) is 0 Å². The van der Waals surface area contributed by atoms with Gasteiger partial charge in [0.1, 0.15) is 0 Å². The Morgan fingerprint density at radius 2 is 1.95 bits per heavy atom. The number of hydrogen-bond acceptors (Lipinski definition) is 3. The lowest BCUT2D eigenvalue weighted by Crippen LogP contribution is -2.40. The van der Waals surface area contributed by atoms with Gasteiger partial charge in [-0.3, -0.25) is 4.90 Å². The molecule has 0 fully saturated rings. The second kappa shape index (κ2) is 8.40. The molecule has 1 atom stereocenters. The Kier molecular flexibility index (Phi) is 7.18. The Labute approximate surface area is 125 Å². The molecule has 0 radical (unpaired) electrons. The highest BCUT2D eigenvalue weighted by atomic mass is 19.4. The summed E-state index contributed by atoms with van der Waals surface area (Å²) in [6, 6.07) is 5.82. The zero-order valence-electron chi connectivity index (χ0n) is 12.1. The van der Waals surface area contributed by atoms with Gasteiger partial charge in [-0.2, -0.15) is 13.2 Å². The fourth-order valence-corrected chi connectivity index (χ4v) is 2.02. The number of nitrogens with one attached hydrogen (secondary N) is 1. The van der Waals surface area contributed by atoms with Crippen LogP contribution in [0, 0.1) is 0 Å². The molecule has 8 heteroatoms. The number of benzene rings is 1. The van der Waals surface area contributed by atoms with Crippen molar-refractivity contribution in [3.8, 4) is 0 Å². The molecule has 3 nitrogen and oxygen atoms in total. The third-order valence-corrected chi connectivity index (χ3v) is 2.88. The number of halogens is 5. The number of aliphatic hydroxyl groups excluding tert-OH is 1. The normalized spacial score (nSPS) is 13.9. The first kappa shape index (κ1) is 18.8. The van der Waals surface area contributed by atoms with Crippen LogP contribution >= 0.6 is 0 Å². The van der Waals surface area contributed by atoms with Crippen LogP contribution in [0.1, 0.15) is 17.6 Å². The number of alkyl halides is 5. The van der Waals surface area contributed by atoms with Crippen LogP contribution in [0.5, 0.6) is 0 Å². The Bertz CT molecular complexity index is 453. The lowest BCUT2D eigenvalue weighted by Gasteiger charge is -2.22. The van der Waals surface area contributed by atoms with Crippen LogP contribution in [0.15, 0.2) is 24.3 Å². The smallest absolute Gasteiger partial charge is 0.390 e. The highest BCUT2D eigenvalue weighted by Crippen LogP contribution is 2.19. The van der Waals surface area contributed by atoms with Gasteiger partial charge in [0.05, 0.1) is 12.6 Å². The van der Waals surface area contributed by atoms with E-state index in [1.54, 1.807) is 6.07 Å². The minimum Gasteiger partial charge on any atom is -0.390 e. The van der Waals surface area contributed by atoms with E-state index in [-0.39, 0.29) is 25.2 Å². The maximum Gasteiger partial charge on any atom is 0.401 e. The van der Waals surface area contributed by atoms with Crippen LogP contribution in [-0.2, 0) is 6.54 Å². The first-order valence-electron chi connectivity index (χ1n) is 6.68. The number of hydrogen-bond donors (Lipinski definition) is 2. The topological polar surface area (TPSA) is 35.5 Å². The third-order valence-electron chi connectivity index (χ3n) is 2.88. The molecule has 1 rings (SSSR count). The zero-order valence-corrected chi connectivity index (χ0v) is 12.1. The van der Waals surface area contributed by atoms with E-state index in [1.165, 1.54) is 25.2 Å². The molecule has 0 amide bonds. The molecular weight excluding hydrogens is 307 g/mol. The molecule has 0 aromatic heterocycles. The van der Waals surface area contributed by atoms with Crippen LogP contribution in [-0.4, -0.2) is 49.0 Å². The van der Waals surface area contributed by atoms with E-state index in [4.69, 9.17) is 0 Å². The highest BCUT2D eigenvalue weighted by Gasteiger charge is 2.29. The first-order chi connectivity index (χ1) is 10.2. The third kappa shape index (κ3) is 7.67. The van der Waals surface area contributed by atoms with Gasteiger partial charge in [-0.1, -0.05) is 18.2 Å². The lowest BCUT2D eigenvalue weighted by molar-refractivity contribution is -0.145. The van der Waals surface area contributed by atoms with E-state index in [0.717, 1.165) is 4.90 Å². The number of nitrogens with zero attached hydrogens (tertiary/aromatic N) is 1. The van der Waals surface area contributed by atoms with Crippen LogP contribution in [0.4, 0.5) is 22.0 Å². The van der Waals surface area contributed by atoms with Gasteiger partial charge in [-0.05, 0) is 18.7 Å². The minimum atomic E-state index is -4.31. The predicted molar refractivity (Wildman–Crippen MR) is 72.7 cm³/mol. The van der Waals surface area contributed by atoms with Gasteiger partial charge in [-0.15, -0.1) is 0 Å². The SMILES string of the molecule is CN(CC(O)CNCc1cccc(C(F)F)c1)CC(F)(F)F. The summed E-state index contributed by atoms with van der Waals surface area (Å²) in [7, 11) is 1.27. The van der Waals surface area contributed by atoms with Crippen molar-refractivity contribution in [1.29, 1.82) is 0 Å². The monoisotopic (exact) mass is 326 g/mol. The van der Waals surface area contributed by atoms with E-state index in [0.29, 0.717) is 5.56 Å². The Morgan fingerprint density at radius 1 is 1.27 bits per heavy atom. The molecule has 22 heavy (non-hydrogen) atoms. The molecule has 0 aliphatic rings. The summed E-state index contributed by atoms with van der Waals surface area (Å²) in [4.78, 5) is 0.976. The van der Waals surface area contributed by atoms with Gasteiger partial charge in [0.15, 0.2) is 0 Å². The number of rotatable bonds is 8. The molecule has 0 aliphatic heterocycles. The second-order valence-corrected chi connectivity index (χ2v) is 5.14. The summed E-state index contributed by atoms with van der Waals surface area (Å²) in [5.41, 5.74) is 0.526. The van der Waals surface area contributed by atoms with Crippen molar-refractivity contribution in [1.82, 2.24) is 10.2 Å². The second-order valence-electron chi connectivity index (χ2n) is 5.14. The maximum absolute atomic E-state index is 12.5. The molecule has 126 valence electrons. The zero-order chi connectivity index (χ0) is 16.8. The Hall–Kier alpha value is -1.25. The summed E-state index contributed by atoms with van der Waals surface area (Å²) in [6.45, 7) is -0.911. The van der Waals surface area contributed by atoms with Crippen molar-refractivity contribution in [2.24, 2.45) is 0 Å². The quantitative estimate of drug-likeness (QED) is 0.721. The minimum absolute atomic E-state index is 0.0705. The average molecular weight is 326 g/mol. The van der Waals surface area contributed by atoms with Crippen molar-refractivity contribution >= 4 is 0 Å².